The van der Waals surface area contributed by atoms with Crippen molar-refractivity contribution in [3.8, 4) is 11.8 Å². The fourth-order valence-corrected chi connectivity index (χ4v) is 2.39. The van der Waals surface area contributed by atoms with Gasteiger partial charge in [-0.1, -0.05) is 72.5 Å². The Morgan fingerprint density at radius 1 is 0.875 bits per heavy atom. The Balaban J connectivity index is 2.38. The summed E-state index contributed by atoms with van der Waals surface area (Å²) in [4.78, 5) is 0. The second kappa shape index (κ2) is 8.49. The maximum atomic E-state index is 9.92. The van der Waals surface area contributed by atoms with Crippen LogP contribution in [0.25, 0.3) is 0 Å². The third kappa shape index (κ3) is 6.04. The highest BCUT2D eigenvalue weighted by Gasteiger charge is 2.10. The zero-order chi connectivity index (χ0) is 17.4. The molecule has 0 heterocycles. The average Bonchev–Trinajstić information content (AvgIpc) is 2.58. The van der Waals surface area contributed by atoms with Crippen molar-refractivity contribution in [3.63, 3.8) is 0 Å². The monoisotopic (exact) mass is 320 g/mol. The van der Waals surface area contributed by atoms with Crippen LogP contribution in [0.2, 0.25) is 0 Å². The maximum Gasteiger partial charge on any atom is 0.120 e. The maximum absolute atomic E-state index is 9.92. The molecule has 0 fully saturated rings. The molecule has 0 unspecified atom stereocenters. The molecule has 0 saturated heterocycles. The van der Waals surface area contributed by atoms with Gasteiger partial charge in [0.15, 0.2) is 0 Å². The van der Waals surface area contributed by atoms with Crippen LogP contribution in [-0.2, 0) is 12.8 Å². The standard InChI is InChI=1S/C22H24O2/c1-22(2,24)14-13-20(15-18-9-5-3-6-10-18)21(17-23)16-19-11-7-4-8-12-19/h3-12,23-24H,15-17H2,1-2H3/b21-20-. The summed E-state index contributed by atoms with van der Waals surface area (Å²) in [6.45, 7) is 3.28. The Morgan fingerprint density at radius 3 is 1.83 bits per heavy atom. The van der Waals surface area contributed by atoms with Crippen LogP contribution >= 0.6 is 0 Å². The van der Waals surface area contributed by atoms with E-state index in [1.165, 1.54) is 0 Å². The summed E-state index contributed by atoms with van der Waals surface area (Å²) in [5.41, 5.74) is 2.97. The molecule has 0 radical (unpaired) electrons. The Labute approximate surface area is 144 Å². The van der Waals surface area contributed by atoms with Crippen molar-refractivity contribution in [2.45, 2.75) is 32.3 Å². The van der Waals surface area contributed by atoms with Crippen molar-refractivity contribution in [3.05, 3.63) is 82.9 Å². The number of hydrogen-bond donors (Lipinski definition) is 2. The van der Waals surface area contributed by atoms with Gasteiger partial charge in [-0.25, -0.2) is 0 Å². The fourth-order valence-electron chi connectivity index (χ4n) is 2.39. The largest absolute Gasteiger partial charge is 0.392 e. The molecule has 2 aromatic rings. The molecular formula is C22H24O2. The molecule has 0 spiro atoms. The second-order valence-corrected chi connectivity index (χ2v) is 6.37. The normalized spacial score (nSPS) is 12.2. The molecule has 2 heteroatoms. The first-order valence-corrected chi connectivity index (χ1v) is 8.13. The quantitative estimate of drug-likeness (QED) is 0.827. The summed E-state index contributed by atoms with van der Waals surface area (Å²) in [7, 11) is 0. The van der Waals surface area contributed by atoms with Crippen LogP contribution < -0.4 is 0 Å². The van der Waals surface area contributed by atoms with Gasteiger partial charge >= 0.3 is 0 Å². The van der Waals surface area contributed by atoms with Gasteiger partial charge in [0.1, 0.15) is 5.60 Å². The lowest BCUT2D eigenvalue weighted by Gasteiger charge is -2.12. The number of aliphatic hydroxyl groups excluding tert-OH is 1. The van der Waals surface area contributed by atoms with E-state index < -0.39 is 5.60 Å². The molecule has 2 aromatic carbocycles. The molecule has 0 bridgehead atoms. The number of benzene rings is 2. The average molecular weight is 320 g/mol. The van der Waals surface area contributed by atoms with Gasteiger partial charge in [-0.3, -0.25) is 0 Å². The van der Waals surface area contributed by atoms with Gasteiger partial charge in [0.25, 0.3) is 0 Å². The summed E-state index contributed by atoms with van der Waals surface area (Å²) in [5, 5.41) is 19.8. The minimum Gasteiger partial charge on any atom is -0.392 e. The molecule has 124 valence electrons. The van der Waals surface area contributed by atoms with Crippen LogP contribution in [0.4, 0.5) is 0 Å². The van der Waals surface area contributed by atoms with E-state index in [9.17, 15) is 10.2 Å². The van der Waals surface area contributed by atoms with Gasteiger partial charge in [0.2, 0.25) is 0 Å². The molecule has 0 aliphatic heterocycles. The Kier molecular flexibility index (Phi) is 6.37. The first-order chi connectivity index (χ1) is 11.5. The van der Waals surface area contributed by atoms with E-state index in [1.807, 2.05) is 60.7 Å². The Morgan fingerprint density at radius 2 is 1.38 bits per heavy atom. The summed E-state index contributed by atoms with van der Waals surface area (Å²) in [6.07, 6.45) is 1.30. The lowest BCUT2D eigenvalue weighted by molar-refractivity contribution is 0.143. The smallest absolute Gasteiger partial charge is 0.120 e. The zero-order valence-electron chi connectivity index (χ0n) is 14.3. The van der Waals surface area contributed by atoms with Gasteiger partial charge < -0.3 is 10.2 Å². The first-order valence-electron chi connectivity index (χ1n) is 8.13. The van der Waals surface area contributed by atoms with Crippen molar-refractivity contribution in [2.75, 3.05) is 6.61 Å². The lowest BCUT2D eigenvalue weighted by Crippen LogP contribution is -2.15. The van der Waals surface area contributed by atoms with E-state index in [-0.39, 0.29) is 6.61 Å². The van der Waals surface area contributed by atoms with Gasteiger partial charge in [0, 0.05) is 12.0 Å². The minimum absolute atomic E-state index is 0.0440. The van der Waals surface area contributed by atoms with E-state index in [0.29, 0.717) is 12.8 Å². The van der Waals surface area contributed by atoms with Crippen LogP contribution in [0.5, 0.6) is 0 Å². The highest BCUT2D eigenvalue weighted by atomic mass is 16.3. The predicted octanol–water partition coefficient (Wildman–Crippen LogP) is 3.54. The lowest BCUT2D eigenvalue weighted by atomic mass is 9.95. The van der Waals surface area contributed by atoms with E-state index in [4.69, 9.17) is 0 Å². The number of aliphatic hydroxyl groups is 2. The predicted molar refractivity (Wildman–Crippen MR) is 98.5 cm³/mol. The Bertz CT molecular complexity index is 726. The molecular weight excluding hydrogens is 296 g/mol. The van der Waals surface area contributed by atoms with Crippen LogP contribution in [0.3, 0.4) is 0 Å². The fraction of sp³-hybridized carbons (Fsp3) is 0.273. The van der Waals surface area contributed by atoms with Crippen LogP contribution in [0.15, 0.2) is 71.8 Å². The third-order valence-corrected chi connectivity index (χ3v) is 3.62. The van der Waals surface area contributed by atoms with Crippen molar-refractivity contribution >= 4 is 0 Å². The third-order valence-electron chi connectivity index (χ3n) is 3.62. The summed E-state index contributed by atoms with van der Waals surface area (Å²) >= 11 is 0. The number of allylic oxidation sites excluding steroid dienone is 1. The SMILES string of the molecule is CC(C)(O)C#C/C(Cc1ccccc1)=C(/CO)Cc1ccccc1. The molecule has 2 N–H and O–H groups in total. The van der Waals surface area contributed by atoms with Crippen molar-refractivity contribution < 1.29 is 10.2 Å². The topological polar surface area (TPSA) is 40.5 Å². The molecule has 0 aliphatic rings. The van der Waals surface area contributed by atoms with E-state index in [1.54, 1.807) is 13.8 Å². The molecule has 0 aromatic heterocycles. The molecule has 2 rings (SSSR count). The summed E-state index contributed by atoms with van der Waals surface area (Å²) in [6, 6.07) is 20.1. The number of hydrogen-bond acceptors (Lipinski definition) is 2. The number of rotatable bonds is 5. The van der Waals surface area contributed by atoms with E-state index >= 15 is 0 Å². The van der Waals surface area contributed by atoms with Gasteiger partial charge in [-0.2, -0.15) is 0 Å². The highest BCUT2D eigenvalue weighted by Crippen LogP contribution is 2.17. The molecule has 0 aliphatic carbocycles. The van der Waals surface area contributed by atoms with E-state index in [0.717, 1.165) is 22.3 Å². The van der Waals surface area contributed by atoms with Crippen molar-refractivity contribution in [1.82, 2.24) is 0 Å². The zero-order valence-corrected chi connectivity index (χ0v) is 14.3. The molecule has 24 heavy (non-hydrogen) atoms. The molecule has 0 amide bonds. The highest BCUT2D eigenvalue weighted by molar-refractivity contribution is 5.41. The van der Waals surface area contributed by atoms with Crippen LogP contribution in [-0.4, -0.2) is 22.4 Å². The molecule has 2 nitrogen and oxygen atoms in total. The van der Waals surface area contributed by atoms with E-state index in [2.05, 4.69) is 11.8 Å². The van der Waals surface area contributed by atoms with Crippen molar-refractivity contribution in [1.29, 1.82) is 0 Å². The second-order valence-electron chi connectivity index (χ2n) is 6.37. The Hall–Kier alpha value is -2.34. The summed E-state index contributed by atoms with van der Waals surface area (Å²) < 4.78 is 0. The first kappa shape index (κ1) is 18.0. The molecule has 0 atom stereocenters. The summed E-state index contributed by atoms with van der Waals surface area (Å²) in [5.74, 6) is 5.98. The van der Waals surface area contributed by atoms with Crippen LogP contribution in [0, 0.1) is 11.8 Å². The minimum atomic E-state index is -1.06. The van der Waals surface area contributed by atoms with Gasteiger partial charge in [0.05, 0.1) is 6.61 Å². The van der Waals surface area contributed by atoms with Crippen LogP contribution in [0.1, 0.15) is 25.0 Å². The van der Waals surface area contributed by atoms with Gasteiger partial charge in [-0.05, 0) is 37.0 Å². The molecule has 0 saturated carbocycles. The van der Waals surface area contributed by atoms with Gasteiger partial charge in [-0.15, -0.1) is 0 Å². The van der Waals surface area contributed by atoms with Crippen molar-refractivity contribution in [2.24, 2.45) is 0 Å².